The van der Waals surface area contributed by atoms with E-state index in [1.165, 1.54) is 6.08 Å². The smallest absolute Gasteiger partial charge is 0.329 e. The summed E-state index contributed by atoms with van der Waals surface area (Å²) < 4.78 is 5.22. The van der Waals surface area contributed by atoms with Crippen LogP contribution in [0.2, 0.25) is 0 Å². The topological polar surface area (TPSA) is 53.0 Å². The number of hydrogen-bond acceptors (Lipinski definition) is 4. The molecule has 19 heavy (non-hydrogen) atoms. The molecular formula is C14H18N2O3. The number of carboxylic acids is 1. The zero-order valence-corrected chi connectivity index (χ0v) is 11.0. The van der Waals surface area contributed by atoms with E-state index in [4.69, 9.17) is 9.84 Å². The predicted octanol–water partition coefficient (Wildman–Crippen LogP) is 1.42. The molecule has 1 aliphatic heterocycles. The van der Waals surface area contributed by atoms with Gasteiger partial charge in [-0.25, -0.2) is 4.79 Å². The Labute approximate surface area is 112 Å². The van der Waals surface area contributed by atoms with Gasteiger partial charge in [-0.2, -0.15) is 0 Å². The molecule has 0 spiro atoms. The van der Waals surface area contributed by atoms with Crippen LogP contribution in [0.25, 0.3) is 0 Å². The minimum absolute atomic E-state index is 0.820. The van der Waals surface area contributed by atoms with Gasteiger partial charge in [0.1, 0.15) is 5.75 Å². The second-order valence-electron chi connectivity index (χ2n) is 4.38. The third-order valence-corrected chi connectivity index (χ3v) is 3.16. The van der Waals surface area contributed by atoms with Crippen LogP contribution < -0.4 is 9.64 Å². The van der Waals surface area contributed by atoms with Crippen molar-refractivity contribution in [2.75, 3.05) is 38.2 Å². The molecule has 0 saturated carbocycles. The Balaban J connectivity index is 1.94. The van der Waals surface area contributed by atoms with Gasteiger partial charge in [-0.1, -0.05) is 6.07 Å². The molecular weight excluding hydrogens is 244 g/mol. The van der Waals surface area contributed by atoms with Crippen molar-refractivity contribution < 1.29 is 14.6 Å². The number of nitrogens with zero attached hydrogens (tertiary/aromatic N) is 2. The molecule has 0 atom stereocenters. The Morgan fingerprint density at radius 1 is 1.32 bits per heavy atom. The van der Waals surface area contributed by atoms with Crippen molar-refractivity contribution in [1.29, 1.82) is 0 Å². The average molecular weight is 262 g/mol. The Bertz CT molecular complexity index is 466. The number of piperazine rings is 1. The van der Waals surface area contributed by atoms with E-state index in [2.05, 4.69) is 11.0 Å². The highest BCUT2D eigenvalue weighted by molar-refractivity contribution is 5.79. The number of anilines is 1. The van der Waals surface area contributed by atoms with Gasteiger partial charge < -0.3 is 19.6 Å². The van der Waals surface area contributed by atoms with E-state index in [-0.39, 0.29) is 0 Å². The lowest BCUT2D eigenvalue weighted by molar-refractivity contribution is -0.131. The maximum atomic E-state index is 10.5. The third-order valence-electron chi connectivity index (χ3n) is 3.16. The summed E-state index contributed by atoms with van der Waals surface area (Å²) in [6.07, 6.45) is 2.83. The van der Waals surface area contributed by atoms with Gasteiger partial charge in [-0.3, -0.25) is 0 Å². The van der Waals surface area contributed by atoms with Crippen LogP contribution in [-0.2, 0) is 4.79 Å². The standard InChI is InChI=1S/C14H18N2O3/c1-19-13-4-2-3-12(11-13)16-9-7-15(8-10-16)6-5-14(17)18/h2-6,11H,7-10H2,1H3,(H,17,18). The van der Waals surface area contributed by atoms with E-state index in [1.807, 2.05) is 23.1 Å². The molecule has 5 nitrogen and oxygen atoms in total. The molecule has 102 valence electrons. The van der Waals surface area contributed by atoms with E-state index in [1.54, 1.807) is 13.3 Å². The summed E-state index contributed by atoms with van der Waals surface area (Å²) in [7, 11) is 1.66. The minimum atomic E-state index is -0.907. The van der Waals surface area contributed by atoms with Gasteiger partial charge in [-0.15, -0.1) is 0 Å². The Morgan fingerprint density at radius 2 is 2.05 bits per heavy atom. The fourth-order valence-electron chi connectivity index (χ4n) is 2.11. The Kier molecular flexibility index (Phi) is 4.28. The van der Waals surface area contributed by atoms with Gasteiger partial charge in [0, 0.05) is 50.2 Å². The summed E-state index contributed by atoms with van der Waals surface area (Å²) in [4.78, 5) is 14.8. The monoisotopic (exact) mass is 262 g/mol. The van der Waals surface area contributed by atoms with Crippen LogP contribution in [-0.4, -0.2) is 49.3 Å². The molecule has 2 rings (SSSR count). The molecule has 1 N–H and O–H groups in total. The minimum Gasteiger partial charge on any atom is -0.497 e. The first-order valence-electron chi connectivity index (χ1n) is 6.23. The van der Waals surface area contributed by atoms with E-state index < -0.39 is 5.97 Å². The molecule has 1 aromatic carbocycles. The van der Waals surface area contributed by atoms with E-state index in [0.29, 0.717) is 0 Å². The van der Waals surface area contributed by atoms with Crippen LogP contribution in [0, 0.1) is 0 Å². The first-order chi connectivity index (χ1) is 9.19. The van der Waals surface area contributed by atoms with Crippen molar-refractivity contribution in [2.45, 2.75) is 0 Å². The number of ether oxygens (including phenoxy) is 1. The molecule has 1 aliphatic rings. The van der Waals surface area contributed by atoms with Crippen LogP contribution in [0.1, 0.15) is 0 Å². The zero-order valence-electron chi connectivity index (χ0n) is 11.0. The molecule has 1 fully saturated rings. The van der Waals surface area contributed by atoms with Gasteiger partial charge in [0.25, 0.3) is 0 Å². The first kappa shape index (κ1) is 13.3. The third kappa shape index (κ3) is 3.64. The summed E-state index contributed by atoms with van der Waals surface area (Å²) in [5, 5.41) is 8.59. The lowest BCUT2D eigenvalue weighted by Crippen LogP contribution is -2.44. The quantitative estimate of drug-likeness (QED) is 0.832. The fourth-order valence-corrected chi connectivity index (χ4v) is 2.11. The van der Waals surface area contributed by atoms with E-state index in [0.717, 1.165) is 37.6 Å². The molecule has 1 heterocycles. The molecule has 1 saturated heterocycles. The van der Waals surface area contributed by atoms with Crippen LogP contribution in [0.5, 0.6) is 5.75 Å². The van der Waals surface area contributed by atoms with Crippen LogP contribution >= 0.6 is 0 Å². The van der Waals surface area contributed by atoms with Crippen LogP contribution in [0.4, 0.5) is 5.69 Å². The van der Waals surface area contributed by atoms with Gasteiger partial charge in [-0.05, 0) is 12.1 Å². The lowest BCUT2D eigenvalue weighted by Gasteiger charge is -2.35. The molecule has 5 heteroatoms. The highest BCUT2D eigenvalue weighted by Gasteiger charge is 2.15. The zero-order chi connectivity index (χ0) is 13.7. The molecule has 0 aliphatic carbocycles. The summed E-state index contributed by atoms with van der Waals surface area (Å²) in [5.74, 6) is -0.0547. The maximum absolute atomic E-state index is 10.5. The number of aliphatic carboxylic acids is 1. The second-order valence-corrected chi connectivity index (χ2v) is 4.38. The van der Waals surface area contributed by atoms with E-state index in [9.17, 15) is 4.79 Å². The van der Waals surface area contributed by atoms with Crippen molar-refractivity contribution in [3.8, 4) is 5.75 Å². The Morgan fingerprint density at radius 3 is 2.68 bits per heavy atom. The van der Waals surface area contributed by atoms with Gasteiger partial charge >= 0.3 is 5.97 Å². The summed E-state index contributed by atoms with van der Waals surface area (Å²) in [6, 6.07) is 7.98. The number of carboxylic acid groups (broad SMARTS) is 1. The molecule has 0 bridgehead atoms. The number of rotatable bonds is 4. The molecule has 0 amide bonds. The summed E-state index contributed by atoms with van der Waals surface area (Å²) in [6.45, 7) is 3.39. The average Bonchev–Trinajstić information content (AvgIpc) is 2.45. The Hall–Kier alpha value is -2.17. The predicted molar refractivity (Wildman–Crippen MR) is 73.6 cm³/mol. The van der Waals surface area contributed by atoms with E-state index >= 15 is 0 Å². The second kappa shape index (κ2) is 6.13. The van der Waals surface area contributed by atoms with Gasteiger partial charge in [0.05, 0.1) is 7.11 Å². The van der Waals surface area contributed by atoms with Gasteiger partial charge in [0.2, 0.25) is 0 Å². The summed E-state index contributed by atoms with van der Waals surface area (Å²) in [5.41, 5.74) is 1.14. The SMILES string of the molecule is COc1cccc(N2CCN(C=CC(=O)O)CC2)c1. The molecule has 0 aromatic heterocycles. The van der Waals surface area contributed by atoms with Gasteiger partial charge in [0.15, 0.2) is 0 Å². The molecule has 0 radical (unpaired) electrons. The first-order valence-corrected chi connectivity index (χ1v) is 6.23. The van der Waals surface area contributed by atoms with Crippen molar-refractivity contribution in [3.63, 3.8) is 0 Å². The van der Waals surface area contributed by atoms with Crippen LogP contribution in [0.3, 0.4) is 0 Å². The number of hydrogen-bond donors (Lipinski definition) is 1. The summed E-state index contributed by atoms with van der Waals surface area (Å²) >= 11 is 0. The number of carbonyl (C=O) groups is 1. The van der Waals surface area contributed by atoms with Crippen molar-refractivity contribution in [3.05, 3.63) is 36.5 Å². The number of methoxy groups -OCH3 is 1. The van der Waals surface area contributed by atoms with Crippen LogP contribution in [0.15, 0.2) is 36.5 Å². The fraction of sp³-hybridized carbons (Fsp3) is 0.357. The molecule has 0 unspecified atom stereocenters. The number of benzene rings is 1. The normalized spacial score (nSPS) is 15.8. The highest BCUT2D eigenvalue weighted by Crippen LogP contribution is 2.22. The van der Waals surface area contributed by atoms with Crippen molar-refractivity contribution in [2.24, 2.45) is 0 Å². The molecule has 1 aromatic rings. The largest absolute Gasteiger partial charge is 0.497 e. The lowest BCUT2D eigenvalue weighted by atomic mass is 10.2. The highest BCUT2D eigenvalue weighted by atomic mass is 16.5. The maximum Gasteiger partial charge on any atom is 0.329 e. The van der Waals surface area contributed by atoms with Crippen molar-refractivity contribution >= 4 is 11.7 Å². The van der Waals surface area contributed by atoms with Crippen molar-refractivity contribution in [1.82, 2.24) is 4.90 Å².